The maximum absolute atomic E-state index is 5.88. The van der Waals surface area contributed by atoms with Crippen LogP contribution >= 0.6 is 0 Å². The lowest BCUT2D eigenvalue weighted by Crippen LogP contribution is -2.47. The van der Waals surface area contributed by atoms with Gasteiger partial charge in [0, 0.05) is 43.6 Å². The van der Waals surface area contributed by atoms with Gasteiger partial charge in [-0.3, -0.25) is 4.90 Å². The first-order valence-corrected chi connectivity index (χ1v) is 7.63. The number of hydrogen-bond donors (Lipinski definition) is 1. The molecule has 0 aromatic heterocycles. The molecule has 3 nitrogen and oxygen atoms in total. The van der Waals surface area contributed by atoms with Crippen molar-refractivity contribution in [1.29, 1.82) is 0 Å². The Bertz CT molecular complexity index is 574. The molecule has 0 radical (unpaired) electrons. The fourth-order valence-corrected chi connectivity index (χ4v) is 3.03. The molecule has 0 spiro atoms. The molecule has 1 heterocycles. The van der Waals surface area contributed by atoms with Gasteiger partial charge in [-0.2, -0.15) is 0 Å². The van der Waals surface area contributed by atoms with Crippen molar-refractivity contribution < 1.29 is 0 Å². The van der Waals surface area contributed by atoms with Crippen LogP contribution in [-0.4, -0.2) is 31.1 Å². The molecule has 0 aliphatic carbocycles. The molecule has 0 bridgehead atoms. The summed E-state index contributed by atoms with van der Waals surface area (Å²) in [5, 5.41) is 0. The number of nitrogens with zero attached hydrogens (tertiary/aromatic N) is 2. The number of nitrogen functional groups attached to an aromatic ring is 1. The van der Waals surface area contributed by atoms with Gasteiger partial charge in [-0.05, 0) is 30.7 Å². The third kappa shape index (κ3) is 3.19. The Balaban J connectivity index is 1.63. The van der Waals surface area contributed by atoms with Crippen molar-refractivity contribution in [1.82, 2.24) is 4.90 Å². The molecule has 1 fully saturated rings. The molecule has 1 atom stereocenters. The van der Waals surface area contributed by atoms with Crippen LogP contribution in [-0.2, 0) is 0 Å². The lowest BCUT2D eigenvalue weighted by molar-refractivity contribution is 0.198. The predicted molar refractivity (Wildman–Crippen MR) is 89.5 cm³/mol. The SMILES string of the molecule is CC(c1ccccc1)N1CCN(c2cccc(N)c2)CC1. The molecule has 1 aliphatic heterocycles. The molecule has 1 unspecified atom stereocenters. The summed E-state index contributed by atoms with van der Waals surface area (Å²) in [6, 6.07) is 19.4. The summed E-state index contributed by atoms with van der Waals surface area (Å²) in [7, 11) is 0. The molecule has 1 aliphatic rings. The second-order valence-corrected chi connectivity index (χ2v) is 5.70. The van der Waals surface area contributed by atoms with Crippen LogP contribution in [0.5, 0.6) is 0 Å². The van der Waals surface area contributed by atoms with Gasteiger partial charge < -0.3 is 10.6 Å². The molecule has 1 saturated heterocycles. The summed E-state index contributed by atoms with van der Waals surface area (Å²) >= 11 is 0. The van der Waals surface area contributed by atoms with Crippen LogP contribution in [0.25, 0.3) is 0 Å². The van der Waals surface area contributed by atoms with Gasteiger partial charge in [-0.15, -0.1) is 0 Å². The zero-order valence-corrected chi connectivity index (χ0v) is 12.6. The first-order valence-electron chi connectivity index (χ1n) is 7.63. The maximum Gasteiger partial charge on any atom is 0.0387 e. The summed E-state index contributed by atoms with van der Waals surface area (Å²) in [6.45, 7) is 6.59. The predicted octanol–water partition coefficient (Wildman–Crippen LogP) is 3.15. The van der Waals surface area contributed by atoms with Crippen molar-refractivity contribution in [2.24, 2.45) is 0 Å². The van der Waals surface area contributed by atoms with Crippen molar-refractivity contribution in [3.63, 3.8) is 0 Å². The minimum Gasteiger partial charge on any atom is -0.399 e. The number of anilines is 2. The highest BCUT2D eigenvalue weighted by molar-refractivity contribution is 5.56. The molecule has 2 aromatic carbocycles. The summed E-state index contributed by atoms with van der Waals surface area (Å²) in [5.41, 5.74) is 9.36. The van der Waals surface area contributed by atoms with E-state index in [9.17, 15) is 0 Å². The Morgan fingerprint density at radius 1 is 0.905 bits per heavy atom. The zero-order chi connectivity index (χ0) is 14.7. The molecule has 21 heavy (non-hydrogen) atoms. The van der Waals surface area contributed by atoms with Gasteiger partial charge in [0.15, 0.2) is 0 Å². The van der Waals surface area contributed by atoms with Gasteiger partial charge in [-0.25, -0.2) is 0 Å². The average Bonchev–Trinajstić information content (AvgIpc) is 2.55. The van der Waals surface area contributed by atoms with E-state index in [4.69, 9.17) is 5.73 Å². The van der Waals surface area contributed by atoms with Crippen molar-refractivity contribution >= 4 is 11.4 Å². The van der Waals surface area contributed by atoms with E-state index in [-0.39, 0.29) is 0 Å². The molecule has 0 saturated carbocycles. The average molecular weight is 281 g/mol. The highest BCUT2D eigenvalue weighted by Crippen LogP contribution is 2.24. The number of rotatable bonds is 3. The van der Waals surface area contributed by atoms with E-state index < -0.39 is 0 Å². The van der Waals surface area contributed by atoms with E-state index in [1.54, 1.807) is 0 Å². The normalized spacial score (nSPS) is 17.7. The second-order valence-electron chi connectivity index (χ2n) is 5.70. The molecule has 0 amide bonds. The van der Waals surface area contributed by atoms with Crippen LogP contribution in [0, 0.1) is 0 Å². The van der Waals surface area contributed by atoms with Gasteiger partial charge in [0.2, 0.25) is 0 Å². The van der Waals surface area contributed by atoms with E-state index in [2.05, 4.69) is 59.2 Å². The molecular formula is C18H23N3. The smallest absolute Gasteiger partial charge is 0.0387 e. The van der Waals surface area contributed by atoms with Crippen molar-refractivity contribution in [3.8, 4) is 0 Å². The van der Waals surface area contributed by atoms with Crippen molar-refractivity contribution in [2.45, 2.75) is 13.0 Å². The van der Waals surface area contributed by atoms with Crippen LogP contribution in [0.15, 0.2) is 54.6 Å². The van der Waals surface area contributed by atoms with E-state index in [0.717, 1.165) is 31.9 Å². The van der Waals surface area contributed by atoms with Gasteiger partial charge in [0.25, 0.3) is 0 Å². The van der Waals surface area contributed by atoms with Crippen molar-refractivity contribution in [3.05, 3.63) is 60.2 Å². The van der Waals surface area contributed by atoms with Gasteiger partial charge in [0.05, 0.1) is 0 Å². The van der Waals surface area contributed by atoms with Crippen LogP contribution in [0.3, 0.4) is 0 Å². The Hall–Kier alpha value is -2.00. The van der Waals surface area contributed by atoms with E-state index in [0.29, 0.717) is 6.04 Å². The molecule has 3 rings (SSSR count). The fourth-order valence-electron chi connectivity index (χ4n) is 3.03. The molecular weight excluding hydrogens is 258 g/mol. The number of piperazine rings is 1. The summed E-state index contributed by atoms with van der Waals surface area (Å²) in [4.78, 5) is 4.97. The minimum absolute atomic E-state index is 0.481. The molecule has 110 valence electrons. The third-order valence-electron chi connectivity index (χ3n) is 4.38. The summed E-state index contributed by atoms with van der Waals surface area (Å²) in [5.74, 6) is 0. The highest BCUT2D eigenvalue weighted by atomic mass is 15.3. The number of benzene rings is 2. The number of hydrogen-bond acceptors (Lipinski definition) is 3. The Labute approximate surface area is 127 Å². The molecule has 2 aromatic rings. The number of nitrogens with two attached hydrogens (primary N) is 1. The minimum atomic E-state index is 0.481. The van der Waals surface area contributed by atoms with E-state index >= 15 is 0 Å². The summed E-state index contributed by atoms with van der Waals surface area (Å²) in [6.07, 6.45) is 0. The quantitative estimate of drug-likeness (QED) is 0.877. The topological polar surface area (TPSA) is 32.5 Å². The lowest BCUT2D eigenvalue weighted by atomic mass is 10.1. The fraction of sp³-hybridized carbons (Fsp3) is 0.333. The van der Waals surface area contributed by atoms with Gasteiger partial charge in [-0.1, -0.05) is 36.4 Å². The zero-order valence-electron chi connectivity index (χ0n) is 12.6. The lowest BCUT2D eigenvalue weighted by Gasteiger charge is -2.39. The Kier molecular flexibility index (Phi) is 4.11. The van der Waals surface area contributed by atoms with Crippen LogP contribution < -0.4 is 10.6 Å². The van der Waals surface area contributed by atoms with Crippen LogP contribution in [0.1, 0.15) is 18.5 Å². The van der Waals surface area contributed by atoms with Crippen LogP contribution in [0.2, 0.25) is 0 Å². The maximum atomic E-state index is 5.88. The summed E-state index contributed by atoms with van der Waals surface area (Å²) < 4.78 is 0. The van der Waals surface area contributed by atoms with Crippen molar-refractivity contribution in [2.75, 3.05) is 36.8 Å². The van der Waals surface area contributed by atoms with Gasteiger partial charge >= 0.3 is 0 Å². The Morgan fingerprint density at radius 2 is 1.62 bits per heavy atom. The monoisotopic (exact) mass is 281 g/mol. The first kappa shape index (κ1) is 14.0. The molecule has 3 heteroatoms. The van der Waals surface area contributed by atoms with Gasteiger partial charge in [0.1, 0.15) is 0 Å². The second kappa shape index (κ2) is 6.19. The largest absolute Gasteiger partial charge is 0.399 e. The van der Waals surface area contributed by atoms with Crippen LogP contribution in [0.4, 0.5) is 11.4 Å². The standard InChI is InChI=1S/C18H23N3/c1-15(16-6-3-2-4-7-16)20-10-12-21(13-11-20)18-9-5-8-17(19)14-18/h2-9,14-15H,10-13,19H2,1H3. The third-order valence-corrected chi connectivity index (χ3v) is 4.38. The highest BCUT2D eigenvalue weighted by Gasteiger charge is 2.22. The first-order chi connectivity index (χ1) is 10.2. The Morgan fingerprint density at radius 3 is 2.29 bits per heavy atom. The van der Waals surface area contributed by atoms with E-state index in [1.165, 1.54) is 11.3 Å². The van der Waals surface area contributed by atoms with E-state index in [1.807, 2.05) is 12.1 Å². The molecule has 2 N–H and O–H groups in total.